The van der Waals surface area contributed by atoms with Crippen LogP contribution < -0.4 is 16.2 Å². The molecule has 0 spiro atoms. The van der Waals surface area contributed by atoms with Crippen LogP contribution in [0.3, 0.4) is 0 Å². The molecule has 0 atom stereocenters. The Morgan fingerprint density at radius 1 is 1.62 bits per heavy atom. The molecular weight excluding hydrogens is 204 g/mol. The van der Waals surface area contributed by atoms with E-state index in [4.69, 9.17) is 5.73 Å². The largest absolute Gasteiger partial charge is 0.355 e. The van der Waals surface area contributed by atoms with Crippen LogP contribution >= 0.6 is 0 Å². The van der Waals surface area contributed by atoms with E-state index in [1.807, 2.05) is 11.9 Å². The molecule has 1 heterocycles. The van der Waals surface area contributed by atoms with E-state index >= 15 is 0 Å². The average Bonchev–Trinajstić information content (AvgIpc) is 2.19. The van der Waals surface area contributed by atoms with E-state index in [0.29, 0.717) is 17.8 Å². The number of anilines is 1. The second kappa shape index (κ2) is 4.25. The van der Waals surface area contributed by atoms with Crippen molar-refractivity contribution < 1.29 is 0 Å². The fourth-order valence-electron chi connectivity index (χ4n) is 2.16. The van der Waals surface area contributed by atoms with Crippen LogP contribution in [0.25, 0.3) is 0 Å². The minimum atomic E-state index is -0.0476. The van der Waals surface area contributed by atoms with Crippen molar-refractivity contribution in [2.75, 3.05) is 18.5 Å². The van der Waals surface area contributed by atoms with Gasteiger partial charge in [-0.2, -0.15) is 0 Å². The smallest absolute Gasteiger partial charge is 0.293 e. The minimum Gasteiger partial charge on any atom is -0.355 e. The van der Waals surface area contributed by atoms with Crippen LogP contribution in [-0.4, -0.2) is 29.2 Å². The molecule has 1 fully saturated rings. The molecular formula is C11H18N4O. The zero-order chi connectivity index (χ0) is 11.7. The van der Waals surface area contributed by atoms with Crippen LogP contribution in [0, 0.1) is 5.92 Å². The first-order valence-corrected chi connectivity index (χ1v) is 5.56. The van der Waals surface area contributed by atoms with Gasteiger partial charge in [-0.15, -0.1) is 0 Å². The van der Waals surface area contributed by atoms with Gasteiger partial charge in [0.2, 0.25) is 0 Å². The minimum absolute atomic E-state index is 0.0476. The Hall–Kier alpha value is -1.36. The van der Waals surface area contributed by atoms with E-state index in [0.717, 1.165) is 19.4 Å². The molecule has 5 nitrogen and oxygen atoms in total. The van der Waals surface area contributed by atoms with E-state index < -0.39 is 0 Å². The maximum Gasteiger partial charge on any atom is 0.293 e. The first-order valence-electron chi connectivity index (χ1n) is 5.56. The third-order valence-corrected chi connectivity index (χ3v) is 3.16. The molecule has 2 N–H and O–H groups in total. The third kappa shape index (κ3) is 2.09. The predicted molar refractivity (Wildman–Crippen MR) is 63.4 cm³/mol. The summed E-state index contributed by atoms with van der Waals surface area (Å²) in [5.41, 5.74) is 5.69. The molecule has 1 saturated carbocycles. The van der Waals surface area contributed by atoms with Crippen LogP contribution in [0.1, 0.15) is 12.8 Å². The standard InChI is InChI=1S/C11H18N4O/c1-14-4-3-13-10(11(14)16)15(2)7-8-5-9(12)6-8/h3-4,8-9H,5-7,12H2,1-2H3. The maximum absolute atomic E-state index is 11.8. The summed E-state index contributed by atoms with van der Waals surface area (Å²) >= 11 is 0. The summed E-state index contributed by atoms with van der Waals surface area (Å²) in [6.45, 7) is 0.861. The Kier molecular flexibility index (Phi) is 2.96. The highest BCUT2D eigenvalue weighted by molar-refractivity contribution is 5.34. The summed E-state index contributed by atoms with van der Waals surface area (Å²) in [5.74, 6) is 1.12. The number of aromatic nitrogens is 2. The summed E-state index contributed by atoms with van der Waals surface area (Å²) in [4.78, 5) is 17.9. The van der Waals surface area contributed by atoms with Crippen molar-refractivity contribution in [2.45, 2.75) is 18.9 Å². The number of aryl methyl sites for hydroxylation is 1. The summed E-state index contributed by atoms with van der Waals surface area (Å²) in [7, 11) is 3.65. The van der Waals surface area contributed by atoms with Gasteiger partial charge in [-0.05, 0) is 18.8 Å². The van der Waals surface area contributed by atoms with Crippen molar-refractivity contribution in [3.8, 4) is 0 Å². The van der Waals surface area contributed by atoms with Gasteiger partial charge >= 0.3 is 0 Å². The molecule has 0 radical (unpaired) electrons. The normalized spacial score (nSPS) is 23.9. The second-order valence-electron chi connectivity index (χ2n) is 4.64. The Balaban J connectivity index is 2.06. The van der Waals surface area contributed by atoms with Crippen molar-refractivity contribution in [1.82, 2.24) is 9.55 Å². The fourth-order valence-corrected chi connectivity index (χ4v) is 2.16. The highest BCUT2D eigenvalue weighted by atomic mass is 16.1. The first kappa shape index (κ1) is 11.1. The van der Waals surface area contributed by atoms with Gasteiger partial charge in [0.1, 0.15) is 0 Å². The van der Waals surface area contributed by atoms with Gasteiger partial charge in [-0.25, -0.2) is 4.98 Å². The lowest BCUT2D eigenvalue weighted by Crippen LogP contribution is -2.43. The molecule has 0 aromatic carbocycles. The molecule has 0 aliphatic heterocycles. The summed E-state index contributed by atoms with van der Waals surface area (Å²) < 4.78 is 1.55. The molecule has 1 aliphatic rings. The molecule has 0 saturated heterocycles. The lowest BCUT2D eigenvalue weighted by molar-refractivity contribution is 0.270. The van der Waals surface area contributed by atoms with Crippen LogP contribution in [0.5, 0.6) is 0 Å². The summed E-state index contributed by atoms with van der Waals surface area (Å²) in [6.07, 6.45) is 5.42. The topological polar surface area (TPSA) is 64.2 Å². The van der Waals surface area contributed by atoms with E-state index in [1.165, 1.54) is 0 Å². The average molecular weight is 222 g/mol. The van der Waals surface area contributed by atoms with Crippen molar-refractivity contribution >= 4 is 5.82 Å². The summed E-state index contributed by atoms with van der Waals surface area (Å²) in [6, 6.07) is 0.352. The zero-order valence-electron chi connectivity index (χ0n) is 9.76. The SMILES string of the molecule is CN(CC1CC(N)C1)c1nccn(C)c1=O. The number of rotatable bonds is 3. The molecule has 0 unspecified atom stereocenters. The van der Waals surface area contributed by atoms with Gasteiger partial charge < -0.3 is 15.2 Å². The van der Waals surface area contributed by atoms with E-state index in [2.05, 4.69) is 4.98 Å². The van der Waals surface area contributed by atoms with Gasteiger partial charge in [0.05, 0.1) is 0 Å². The molecule has 5 heteroatoms. The Morgan fingerprint density at radius 2 is 2.31 bits per heavy atom. The van der Waals surface area contributed by atoms with Crippen molar-refractivity contribution in [2.24, 2.45) is 18.7 Å². The van der Waals surface area contributed by atoms with E-state index in [9.17, 15) is 4.79 Å². The van der Waals surface area contributed by atoms with Gasteiger partial charge in [-0.1, -0.05) is 0 Å². The second-order valence-corrected chi connectivity index (χ2v) is 4.64. The lowest BCUT2D eigenvalue weighted by atomic mass is 9.81. The van der Waals surface area contributed by atoms with Gasteiger partial charge in [0.15, 0.2) is 5.82 Å². The highest BCUT2D eigenvalue weighted by Crippen LogP contribution is 2.26. The predicted octanol–water partition coefficient (Wildman–Crippen LogP) is -0.0462. The zero-order valence-corrected chi connectivity index (χ0v) is 9.76. The van der Waals surface area contributed by atoms with E-state index in [1.54, 1.807) is 24.0 Å². The van der Waals surface area contributed by atoms with Crippen LogP contribution in [-0.2, 0) is 7.05 Å². The van der Waals surface area contributed by atoms with Gasteiger partial charge in [-0.3, -0.25) is 4.79 Å². The molecule has 2 rings (SSSR count). The molecule has 16 heavy (non-hydrogen) atoms. The molecule has 0 amide bonds. The molecule has 1 aromatic rings. The number of nitrogens with two attached hydrogens (primary N) is 1. The number of hydrogen-bond acceptors (Lipinski definition) is 4. The fraction of sp³-hybridized carbons (Fsp3) is 0.636. The third-order valence-electron chi connectivity index (χ3n) is 3.16. The van der Waals surface area contributed by atoms with Gasteiger partial charge in [0, 0.05) is 39.1 Å². The Bertz CT molecular complexity index is 422. The lowest BCUT2D eigenvalue weighted by Gasteiger charge is -2.35. The monoisotopic (exact) mass is 222 g/mol. The van der Waals surface area contributed by atoms with Gasteiger partial charge in [0.25, 0.3) is 5.56 Å². The molecule has 1 aromatic heterocycles. The Morgan fingerprint density at radius 3 is 2.94 bits per heavy atom. The van der Waals surface area contributed by atoms with E-state index in [-0.39, 0.29) is 5.56 Å². The molecule has 0 bridgehead atoms. The molecule has 88 valence electrons. The molecule has 1 aliphatic carbocycles. The highest BCUT2D eigenvalue weighted by Gasteiger charge is 2.27. The van der Waals surface area contributed by atoms with Crippen molar-refractivity contribution in [1.29, 1.82) is 0 Å². The summed E-state index contributed by atoms with van der Waals surface area (Å²) in [5, 5.41) is 0. The number of hydrogen-bond donors (Lipinski definition) is 1. The van der Waals surface area contributed by atoms with Crippen molar-refractivity contribution in [3.63, 3.8) is 0 Å². The number of nitrogens with zero attached hydrogens (tertiary/aromatic N) is 3. The first-order chi connectivity index (χ1) is 7.58. The maximum atomic E-state index is 11.8. The van der Waals surface area contributed by atoms with Crippen molar-refractivity contribution in [3.05, 3.63) is 22.7 Å². The van der Waals surface area contributed by atoms with Crippen LogP contribution in [0.15, 0.2) is 17.2 Å². The van der Waals surface area contributed by atoms with Crippen LogP contribution in [0.4, 0.5) is 5.82 Å². The Labute approximate surface area is 94.9 Å². The quantitative estimate of drug-likeness (QED) is 0.779. The van der Waals surface area contributed by atoms with Crippen LogP contribution in [0.2, 0.25) is 0 Å².